The summed E-state index contributed by atoms with van der Waals surface area (Å²) in [7, 11) is 2.30. The van der Waals surface area contributed by atoms with Gasteiger partial charge in [0.1, 0.15) is 0 Å². The van der Waals surface area contributed by atoms with Crippen LogP contribution in [0.25, 0.3) is 0 Å². The predicted octanol–water partition coefficient (Wildman–Crippen LogP) is 18.2. The molecule has 0 amide bonds. The molecule has 1 nitrogen and oxygen atoms in total. The Kier molecular flexibility index (Phi) is 43.3. The van der Waals surface area contributed by atoms with E-state index in [1.165, 1.54) is 283 Å². The fraction of sp³-hybridized carbons (Fsp3) is 1.00. The highest BCUT2D eigenvalue weighted by atomic mass is 14.9. The predicted molar refractivity (Wildman–Crippen MR) is 232 cm³/mol. The fourth-order valence-corrected chi connectivity index (χ4v) is 8.55. The summed E-state index contributed by atoms with van der Waals surface area (Å²) in [4.78, 5) is 0. The van der Waals surface area contributed by atoms with Gasteiger partial charge in [-0.3, -0.25) is 0 Å². The fourth-order valence-electron chi connectivity index (χ4n) is 8.55. The van der Waals surface area contributed by atoms with Crippen LogP contribution in [0.3, 0.4) is 0 Å². The van der Waals surface area contributed by atoms with Gasteiger partial charge < -0.3 is 5.32 Å². The molecular weight excluding hydrogens is 603 g/mol. The summed E-state index contributed by atoms with van der Waals surface area (Å²) in [6, 6.07) is 0. The molecule has 0 bridgehead atoms. The second kappa shape index (κ2) is 43.4. The second-order valence-electron chi connectivity index (χ2n) is 17.2. The Morgan fingerprint density at radius 3 is 0.500 bits per heavy atom. The van der Waals surface area contributed by atoms with Gasteiger partial charge in [-0.05, 0) is 26.3 Å². The van der Waals surface area contributed by atoms with Gasteiger partial charge in [-0.2, -0.15) is 0 Å². The lowest BCUT2D eigenvalue weighted by molar-refractivity contribution is 0.252. The van der Waals surface area contributed by atoms with Gasteiger partial charge in [0.25, 0.3) is 0 Å². The average molecular weight is 704 g/mol. The molecule has 0 atom stereocenters. The molecule has 50 heavy (non-hydrogen) atoms. The van der Waals surface area contributed by atoms with Crippen LogP contribution < -0.4 is 5.32 Å². The SMILES string of the molecule is CCCCCCCCCCCCCCCCC(CCCCCCCCCCCCCCC)(CCCCCCCCCCCCCCCC)NC. The van der Waals surface area contributed by atoms with Gasteiger partial charge in [0.05, 0.1) is 0 Å². The maximum Gasteiger partial charge on any atom is 0.0178 e. The van der Waals surface area contributed by atoms with E-state index >= 15 is 0 Å². The molecule has 0 saturated carbocycles. The Labute approximate surface area is 320 Å². The minimum atomic E-state index is 0.409. The van der Waals surface area contributed by atoms with Crippen LogP contribution in [0.1, 0.15) is 303 Å². The average Bonchev–Trinajstić information content (AvgIpc) is 3.13. The van der Waals surface area contributed by atoms with Crippen molar-refractivity contribution < 1.29 is 0 Å². The molecule has 0 rings (SSSR count). The van der Waals surface area contributed by atoms with E-state index in [-0.39, 0.29) is 0 Å². The highest BCUT2D eigenvalue weighted by molar-refractivity contribution is 4.86. The van der Waals surface area contributed by atoms with E-state index < -0.39 is 0 Å². The molecule has 0 heterocycles. The van der Waals surface area contributed by atoms with E-state index in [2.05, 4.69) is 33.1 Å². The van der Waals surface area contributed by atoms with Crippen molar-refractivity contribution in [3.05, 3.63) is 0 Å². The van der Waals surface area contributed by atoms with E-state index in [0.717, 1.165) is 0 Å². The van der Waals surface area contributed by atoms with Gasteiger partial charge >= 0.3 is 0 Å². The van der Waals surface area contributed by atoms with Gasteiger partial charge in [-0.1, -0.05) is 284 Å². The summed E-state index contributed by atoms with van der Waals surface area (Å²) >= 11 is 0. The molecule has 0 unspecified atom stereocenters. The molecule has 1 heteroatoms. The van der Waals surface area contributed by atoms with Crippen LogP contribution in [-0.4, -0.2) is 12.6 Å². The highest BCUT2D eigenvalue weighted by Gasteiger charge is 2.26. The van der Waals surface area contributed by atoms with E-state index in [1.54, 1.807) is 0 Å². The van der Waals surface area contributed by atoms with Gasteiger partial charge in [0.2, 0.25) is 0 Å². The molecule has 1 N–H and O–H groups in total. The van der Waals surface area contributed by atoms with Crippen LogP contribution in [0, 0.1) is 0 Å². The van der Waals surface area contributed by atoms with Crippen molar-refractivity contribution in [1.82, 2.24) is 5.32 Å². The van der Waals surface area contributed by atoms with Crippen molar-refractivity contribution >= 4 is 0 Å². The smallest absolute Gasteiger partial charge is 0.0178 e. The number of nitrogens with one attached hydrogen (secondary N) is 1. The molecule has 0 fully saturated rings. The maximum atomic E-state index is 3.95. The van der Waals surface area contributed by atoms with Crippen molar-refractivity contribution in [2.24, 2.45) is 0 Å². The monoisotopic (exact) mass is 704 g/mol. The van der Waals surface area contributed by atoms with Gasteiger partial charge in [0, 0.05) is 5.54 Å². The molecule has 302 valence electrons. The Morgan fingerprint density at radius 1 is 0.220 bits per heavy atom. The van der Waals surface area contributed by atoms with Crippen LogP contribution >= 0.6 is 0 Å². The van der Waals surface area contributed by atoms with E-state index in [9.17, 15) is 0 Å². The zero-order valence-corrected chi connectivity index (χ0v) is 36.1. The van der Waals surface area contributed by atoms with Crippen molar-refractivity contribution in [1.29, 1.82) is 0 Å². The van der Waals surface area contributed by atoms with Crippen LogP contribution in [0.15, 0.2) is 0 Å². The summed E-state index contributed by atoms with van der Waals surface area (Å²) in [5, 5.41) is 3.95. The first-order chi connectivity index (χ1) is 24.7. The van der Waals surface area contributed by atoms with Gasteiger partial charge in [-0.25, -0.2) is 0 Å². The molecule has 0 spiro atoms. The quantitative estimate of drug-likeness (QED) is 0.0623. The van der Waals surface area contributed by atoms with E-state index in [4.69, 9.17) is 0 Å². The zero-order valence-electron chi connectivity index (χ0n) is 36.1. The Hall–Kier alpha value is -0.0400. The molecule has 0 saturated heterocycles. The van der Waals surface area contributed by atoms with Crippen LogP contribution in [-0.2, 0) is 0 Å². The highest BCUT2D eigenvalue weighted by Crippen LogP contribution is 2.29. The molecule has 0 aromatic carbocycles. The molecular formula is C49H101N. The first-order valence-corrected chi connectivity index (χ1v) is 24.4. The Morgan fingerprint density at radius 2 is 0.360 bits per heavy atom. The van der Waals surface area contributed by atoms with Crippen LogP contribution in [0.2, 0.25) is 0 Å². The lowest BCUT2D eigenvalue weighted by atomic mass is 9.81. The Balaban J connectivity index is 4.20. The summed E-state index contributed by atoms with van der Waals surface area (Å²) in [5.41, 5.74) is 0.409. The second-order valence-corrected chi connectivity index (χ2v) is 17.2. The number of rotatable bonds is 45. The molecule has 0 aliphatic rings. The first-order valence-electron chi connectivity index (χ1n) is 24.4. The molecule has 0 aromatic rings. The van der Waals surface area contributed by atoms with Crippen molar-refractivity contribution in [3.8, 4) is 0 Å². The van der Waals surface area contributed by atoms with Gasteiger partial charge in [-0.15, -0.1) is 0 Å². The van der Waals surface area contributed by atoms with E-state index in [1.807, 2.05) is 0 Å². The standard InChI is InChI=1S/C49H101N/c1-5-8-11-14-17-20-23-26-29-32-35-38-41-44-47-49(50-4,46-43-40-37-34-31-28-25-22-19-16-13-10-7-3)48-45-42-39-36-33-30-27-24-21-18-15-12-9-6-2/h50H,5-48H2,1-4H3. The zero-order chi connectivity index (χ0) is 36.3. The third kappa shape index (κ3) is 37.7. The third-order valence-corrected chi connectivity index (χ3v) is 12.3. The molecule has 0 aliphatic carbocycles. The summed E-state index contributed by atoms with van der Waals surface area (Å²) in [5.74, 6) is 0. The minimum absolute atomic E-state index is 0.409. The third-order valence-electron chi connectivity index (χ3n) is 12.3. The minimum Gasteiger partial charge on any atom is -0.314 e. The summed E-state index contributed by atoms with van der Waals surface area (Å²) < 4.78 is 0. The van der Waals surface area contributed by atoms with Crippen LogP contribution in [0.4, 0.5) is 0 Å². The van der Waals surface area contributed by atoms with Crippen molar-refractivity contribution in [2.45, 2.75) is 309 Å². The lowest BCUT2D eigenvalue weighted by Crippen LogP contribution is -2.43. The van der Waals surface area contributed by atoms with Gasteiger partial charge in [0.15, 0.2) is 0 Å². The summed E-state index contributed by atoms with van der Waals surface area (Å²) in [6.45, 7) is 6.96. The summed E-state index contributed by atoms with van der Waals surface area (Å²) in [6.07, 6.45) is 64.1. The first kappa shape index (κ1) is 50.0. The largest absolute Gasteiger partial charge is 0.314 e. The lowest BCUT2D eigenvalue weighted by Gasteiger charge is -2.34. The Bertz CT molecular complexity index is 552. The van der Waals surface area contributed by atoms with Crippen LogP contribution in [0.5, 0.6) is 0 Å². The van der Waals surface area contributed by atoms with Crippen molar-refractivity contribution in [2.75, 3.05) is 7.05 Å². The number of unbranched alkanes of at least 4 members (excludes halogenated alkanes) is 38. The maximum absolute atomic E-state index is 3.95. The normalized spacial score (nSPS) is 12.0. The number of hydrogen-bond donors (Lipinski definition) is 1. The molecule has 0 radical (unpaired) electrons. The van der Waals surface area contributed by atoms with E-state index in [0.29, 0.717) is 5.54 Å². The van der Waals surface area contributed by atoms with Crippen molar-refractivity contribution in [3.63, 3.8) is 0 Å². The topological polar surface area (TPSA) is 12.0 Å². The molecule has 0 aromatic heterocycles. The molecule has 0 aliphatic heterocycles. The number of hydrogen-bond acceptors (Lipinski definition) is 1.